The number of hydrogen-bond donors (Lipinski definition) is 1. The summed E-state index contributed by atoms with van der Waals surface area (Å²) in [5.74, 6) is 1.24. The molecular formula is C15H22N2OS. The lowest BCUT2D eigenvalue weighted by atomic mass is 10.1. The van der Waals surface area contributed by atoms with Crippen LogP contribution in [0.3, 0.4) is 0 Å². The molecule has 4 heteroatoms. The van der Waals surface area contributed by atoms with Crippen LogP contribution in [-0.4, -0.2) is 34.9 Å². The van der Waals surface area contributed by atoms with Crippen molar-refractivity contribution >= 4 is 23.4 Å². The van der Waals surface area contributed by atoms with E-state index in [4.69, 9.17) is 5.73 Å². The Morgan fingerprint density at radius 2 is 2.26 bits per heavy atom. The van der Waals surface area contributed by atoms with Crippen molar-refractivity contribution in [1.29, 1.82) is 0 Å². The largest absolute Gasteiger partial charge is 0.399 e. The quantitative estimate of drug-likeness (QED) is 0.861. The van der Waals surface area contributed by atoms with Gasteiger partial charge in [0.05, 0.1) is 0 Å². The molecule has 1 fully saturated rings. The first kappa shape index (κ1) is 14.3. The number of nitrogens with zero attached hydrogens (tertiary/aromatic N) is 1. The number of hydrogen-bond acceptors (Lipinski definition) is 3. The summed E-state index contributed by atoms with van der Waals surface area (Å²) in [4.78, 5) is 14.3. The molecule has 0 aliphatic heterocycles. The van der Waals surface area contributed by atoms with Gasteiger partial charge in [0.15, 0.2) is 0 Å². The Bertz CT molecular complexity index is 450. The monoisotopic (exact) mass is 278 g/mol. The van der Waals surface area contributed by atoms with Gasteiger partial charge in [-0.2, -0.15) is 11.8 Å². The van der Waals surface area contributed by atoms with Crippen molar-refractivity contribution in [3.8, 4) is 0 Å². The predicted octanol–water partition coefficient (Wildman–Crippen LogP) is 3.02. The summed E-state index contributed by atoms with van der Waals surface area (Å²) in [6, 6.07) is 7.60. The molecule has 0 radical (unpaired) electrons. The topological polar surface area (TPSA) is 46.3 Å². The summed E-state index contributed by atoms with van der Waals surface area (Å²) < 4.78 is 0. The second kappa shape index (κ2) is 6.33. The summed E-state index contributed by atoms with van der Waals surface area (Å²) in [6.45, 7) is 2.19. The van der Waals surface area contributed by atoms with Crippen molar-refractivity contribution in [2.24, 2.45) is 0 Å². The van der Waals surface area contributed by atoms with Gasteiger partial charge in [0.1, 0.15) is 0 Å². The fraction of sp³-hybridized carbons (Fsp3) is 0.533. The normalized spacial score (nSPS) is 22.4. The van der Waals surface area contributed by atoms with E-state index in [1.165, 1.54) is 6.42 Å². The summed E-state index contributed by atoms with van der Waals surface area (Å²) in [6.07, 6.45) is 3.45. The maximum absolute atomic E-state index is 12.4. The highest BCUT2D eigenvalue weighted by Crippen LogP contribution is 2.32. The molecule has 0 heterocycles. The van der Waals surface area contributed by atoms with Crippen LogP contribution in [0, 0.1) is 0 Å². The van der Waals surface area contributed by atoms with Crippen LogP contribution in [0.2, 0.25) is 0 Å². The van der Waals surface area contributed by atoms with Gasteiger partial charge in [-0.25, -0.2) is 0 Å². The SMILES string of the molecule is CCS[C@H]1CC[C@H](N(C)C(=O)c2cccc(N)c2)C1. The highest BCUT2D eigenvalue weighted by Gasteiger charge is 2.30. The molecule has 1 aromatic rings. The van der Waals surface area contributed by atoms with Crippen molar-refractivity contribution in [2.45, 2.75) is 37.5 Å². The van der Waals surface area contributed by atoms with Crippen molar-refractivity contribution in [3.05, 3.63) is 29.8 Å². The number of carbonyl (C=O) groups excluding carboxylic acids is 1. The molecule has 1 amide bonds. The first-order valence-corrected chi connectivity index (χ1v) is 7.91. The Balaban J connectivity index is 2.00. The van der Waals surface area contributed by atoms with Gasteiger partial charge >= 0.3 is 0 Å². The number of amides is 1. The fourth-order valence-corrected chi connectivity index (χ4v) is 3.83. The Kier molecular flexibility index (Phi) is 4.75. The van der Waals surface area contributed by atoms with Crippen LogP contribution in [0.25, 0.3) is 0 Å². The Morgan fingerprint density at radius 1 is 1.47 bits per heavy atom. The van der Waals surface area contributed by atoms with Crippen LogP contribution >= 0.6 is 11.8 Å². The second-order valence-electron chi connectivity index (χ2n) is 5.09. The molecular weight excluding hydrogens is 256 g/mol. The van der Waals surface area contributed by atoms with Gasteiger partial charge in [0.25, 0.3) is 5.91 Å². The van der Waals surface area contributed by atoms with E-state index in [0.717, 1.165) is 18.6 Å². The summed E-state index contributed by atoms with van der Waals surface area (Å²) in [5.41, 5.74) is 7.07. The number of anilines is 1. The van der Waals surface area contributed by atoms with Crippen LogP contribution in [-0.2, 0) is 0 Å². The zero-order valence-corrected chi connectivity index (χ0v) is 12.5. The van der Waals surface area contributed by atoms with E-state index in [0.29, 0.717) is 22.5 Å². The fourth-order valence-electron chi connectivity index (χ4n) is 2.70. The van der Waals surface area contributed by atoms with Crippen molar-refractivity contribution < 1.29 is 4.79 Å². The number of benzene rings is 1. The van der Waals surface area contributed by atoms with Crippen molar-refractivity contribution in [2.75, 3.05) is 18.5 Å². The molecule has 0 spiro atoms. The summed E-state index contributed by atoms with van der Waals surface area (Å²) >= 11 is 2.01. The van der Waals surface area contributed by atoms with Crippen molar-refractivity contribution in [3.63, 3.8) is 0 Å². The molecule has 0 unspecified atom stereocenters. The number of rotatable bonds is 4. The van der Waals surface area contributed by atoms with E-state index in [9.17, 15) is 4.79 Å². The molecule has 3 nitrogen and oxygen atoms in total. The lowest BCUT2D eigenvalue weighted by molar-refractivity contribution is 0.0735. The zero-order chi connectivity index (χ0) is 13.8. The average Bonchev–Trinajstić information content (AvgIpc) is 2.86. The lowest BCUT2D eigenvalue weighted by Crippen LogP contribution is -2.35. The third kappa shape index (κ3) is 3.44. The molecule has 1 aliphatic carbocycles. The minimum atomic E-state index is 0.0828. The third-order valence-corrected chi connectivity index (χ3v) is 4.99. The van der Waals surface area contributed by atoms with E-state index >= 15 is 0 Å². The first-order valence-electron chi connectivity index (χ1n) is 6.86. The Morgan fingerprint density at radius 3 is 2.95 bits per heavy atom. The minimum Gasteiger partial charge on any atom is -0.399 e. The number of thioether (sulfide) groups is 1. The molecule has 19 heavy (non-hydrogen) atoms. The molecule has 0 aromatic heterocycles. The smallest absolute Gasteiger partial charge is 0.253 e. The molecule has 1 saturated carbocycles. The molecule has 2 N–H and O–H groups in total. The third-order valence-electron chi connectivity index (χ3n) is 3.76. The van der Waals surface area contributed by atoms with E-state index < -0.39 is 0 Å². The molecule has 104 valence electrons. The molecule has 1 aromatic carbocycles. The predicted molar refractivity (Wildman–Crippen MR) is 82.5 cm³/mol. The second-order valence-corrected chi connectivity index (χ2v) is 6.66. The van der Waals surface area contributed by atoms with Gasteiger partial charge in [-0.15, -0.1) is 0 Å². The van der Waals surface area contributed by atoms with Crippen LogP contribution in [0.5, 0.6) is 0 Å². The first-order chi connectivity index (χ1) is 9.11. The number of carbonyl (C=O) groups is 1. The molecule has 0 saturated heterocycles. The van der Waals surface area contributed by atoms with Crippen LogP contribution in [0.1, 0.15) is 36.5 Å². The highest BCUT2D eigenvalue weighted by atomic mass is 32.2. The number of nitrogen functional groups attached to an aromatic ring is 1. The van der Waals surface area contributed by atoms with Gasteiger partial charge in [0, 0.05) is 29.6 Å². The van der Waals surface area contributed by atoms with Gasteiger partial charge in [-0.1, -0.05) is 13.0 Å². The summed E-state index contributed by atoms with van der Waals surface area (Å²) in [5, 5.41) is 0.714. The zero-order valence-electron chi connectivity index (χ0n) is 11.6. The van der Waals surface area contributed by atoms with Crippen LogP contribution in [0.4, 0.5) is 5.69 Å². The average molecular weight is 278 g/mol. The van der Waals surface area contributed by atoms with Gasteiger partial charge in [-0.3, -0.25) is 4.79 Å². The molecule has 2 rings (SSSR count). The molecule has 1 aliphatic rings. The molecule has 2 atom stereocenters. The maximum Gasteiger partial charge on any atom is 0.253 e. The van der Waals surface area contributed by atoms with E-state index in [1.54, 1.807) is 12.1 Å². The number of nitrogens with two attached hydrogens (primary N) is 1. The Hall–Kier alpha value is -1.16. The standard InChI is InChI=1S/C15H22N2OS/c1-3-19-14-8-7-13(10-14)17(2)15(18)11-5-4-6-12(16)9-11/h4-6,9,13-14H,3,7-8,10,16H2,1-2H3/t13-,14-/m0/s1. The van der Waals surface area contributed by atoms with Gasteiger partial charge in [0.2, 0.25) is 0 Å². The van der Waals surface area contributed by atoms with Gasteiger partial charge < -0.3 is 10.6 Å². The van der Waals surface area contributed by atoms with Crippen molar-refractivity contribution in [1.82, 2.24) is 4.90 Å². The highest BCUT2D eigenvalue weighted by molar-refractivity contribution is 7.99. The van der Waals surface area contributed by atoms with E-state index in [-0.39, 0.29) is 5.91 Å². The minimum absolute atomic E-state index is 0.0828. The van der Waals surface area contributed by atoms with E-state index in [1.807, 2.05) is 35.8 Å². The lowest BCUT2D eigenvalue weighted by Gasteiger charge is -2.25. The maximum atomic E-state index is 12.4. The van der Waals surface area contributed by atoms with Crippen LogP contribution in [0.15, 0.2) is 24.3 Å². The Labute approximate surface area is 119 Å². The molecule has 0 bridgehead atoms. The van der Waals surface area contributed by atoms with Crippen LogP contribution < -0.4 is 5.73 Å². The van der Waals surface area contributed by atoms with E-state index in [2.05, 4.69) is 6.92 Å². The van der Waals surface area contributed by atoms with Gasteiger partial charge in [-0.05, 0) is 43.2 Å². The summed E-state index contributed by atoms with van der Waals surface area (Å²) in [7, 11) is 1.91.